The highest BCUT2D eigenvalue weighted by atomic mass is 16.5. The topological polar surface area (TPSA) is 105 Å². The van der Waals surface area contributed by atoms with Gasteiger partial charge in [0.1, 0.15) is 6.61 Å². The van der Waals surface area contributed by atoms with Gasteiger partial charge in [-0.1, -0.05) is 62.4 Å². The molecule has 182 valence electrons. The first-order valence-corrected chi connectivity index (χ1v) is 11.8. The average molecular weight is 467 g/mol. The largest absolute Gasteiger partial charge is 0.481 e. The Kier molecular flexibility index (Phi) is 7.64. The van der Waals surface area contributed by atoms with Crippen LogP contribution in [0.3, 0.4) is 0 Å². The van der Waals surface area contributed by atoms with Crippen LogP contribution in [0.1, 0.15) is 57.6 Å². The van der Waals surface area contributed by atoms with E-state index in [-0.39, 0.29) is 31.5 Å². The van der Waals surface area contributed by atoms with Crippen LogP contribution in [0.15, 0.2) is 48.5 Å². The number of hydrogen-bond donors (Lipinski definition) is 3. The molecular weight excluding hydrogens is 432 g/mol. The lowest BCUT2D eigenvalue weighted by atomic mass is 9.84. The maximum atomic E-state index is 12.8. The smallest absolute Gasteiger partial charge is 0.407 e. The van der Waals surface area contributed by atoms with E-state index >= 15 is 0 Å². The van der Waals surface area contributed by atoms with Gasteiger partial charge >= 0.3 is 12.1 Å². The highest BCUT2D eigenvalue weighted by Crippen LogP contribution is 2.44. The molecule has 0 bridgehead atoms. The fourth-order valence-corrected chi connectivity index (χ4v) is 4.12. The Hall–Kier alpha value is -3.35. The quantitative estimate of drug-likeness (QED) is 0.476. The molecule has 0 saturated carbocycles. The zero-order valence-corrected chi connectivity index (χ0v) is 20.3. The Morgan fingerprint density at radius 3 is 1.85 bits per heavy atom. The molecule has 7 nitrogen and oxygen atoms in total. The van der Waals surface area contributed by atoms with Crippen molar-refractivity contribution in [2.75, 3.05) is 19.7 Å². The summed E-state index contributed by atoms with van der Waals surface area (Å²) in [5.74, 6) is -1.29. The van der Waals surface area contributed by atoms with Crippen LogP contribution in [0, 0.1) is 10.8 Å². The molecule has 2 amide bonds. The number of alkyl carbamates (subject to hydrolysis) is 1. The first-order valence-electron chi connectivity index (χ1n) is 11.8. The molecule has 0 spiro atoms. The van der Waals surface area contributed by atoms with E-state index in [9.17, 15) is 19.5 Å². The van der Waals surface area contributed by atoms with Crippen molar-refractivity contribution in [1.82, 2.24) is 10.6 Å². The van der Waals surface area contributed by atoms with Gasteiger partial charge in [-0.3, -0.25) is 9.59 Å². The van der Waals surface area contributed by atoms with Gasteiger partial charge in [-0.2, -0.15) is 0 Å². The summed E-state index contributed by atoms with van der Waals surface area (Å²) in [6.45, 7) is 7.29. The molecule has 34 heavy (non-hydrogen) atoms. The lowest BCUT2D eigenvalue weighted by Crippen LogP contribution is -2.50. The van der Waals surface area contributed by atoms with Crippen LogP contribution in [-0.2, 0) is 14.3 Å². The third kappa shape index (κ3) is 5.08. The zero-order chi connectivity index (χ0) is 24.9. The summed E-state index contributed by atoms with van der Waals surface area (Å²) in [4.78, 5) is 36.9. The maximum Gasteiger partial charge on any atom is 0.407 e. The minimum absolute atomic E-state index is 0.0260. The molecule has 2 unspecified atom stereocenters. The molecule has 7 heteroatoms. The molecule has 0 saturated heterocycles. The number of fused-ring (bicyclic) bond motifs is 3. The van der Waals surface area contributed by atoms with Crippen molar-refractivity contribution >= 4 is 18.0 Å². The lowest BCUT2D eigenvalue weighted by Gasteiger charge is -2.30. The van der Waals surface area contributed by atoms with Crippen LogP contribution in [0.5, 0.6) is 0 Å². The SMILES string of the molecule is CCC(C)(CNC(=O)C(C)(CC)CNC(=O)OCC1c2ccccc2-c2ccccc21)C(=O)O. The summed E-state index contributed by atoms with van der Waals surface area (Å²) in [7, 11) is 0. The summed E-state index contributed by atoms with van der Waals surface area (Å²) in [6, 6.07) is 16.2. The second kappa shape index (κ2) is 10.3. The molecule has 1 aliphatic carbocycles. The van der Waals surface area contributed by atoms with Gasteiger partial charge in [0.15, 0.2) is 0 Å². The fraction of sp³-hybridized carbons (Fsp3) is 0.444. The standard InChI is InChI=1S/C27H34N2O5/c1-5-26(3,23(30)28-17-27(4,6-2)24(31)32)16-29-25(33)34-15-22-20-13-9-7-11-18(20)19-12-8-10-14-21(19)22/h7-14,22H,5-6,15-17H2,1-4H3,(H,28,30)(H,29,33)(H,31,32). The minimum atomic E-state index is -1.04. The summed E-state index contributed by atoms with van der Waals surface area (Å²) in [5.41, 5.74) is 2.65. The van der Waals surface area contributed by atoms with Gasteiger partial charge in [0.2, 0.25) is 5.91 Å². The van der Waals surface area contributed by atoms with E-state index < -0.39 is 22.9 Å². The predicted molar refractivity (Wildman–Crippen MR) is 131 cm³/mol. The number of carbonyl (C=O) groups is 3. The number of hydrogen-bond acceptors (Lipinski definition) is 4. The van der Waals surface area contributed by atoms with Gasteiger partial charge in [-0.05, 0) is 48.9 Å². The van der Waals surface area contributed by atoms with E-state index in [0.717, 1.165) is 22.3 Å². The van der Waals surface area contributed by atoms with Gasteiger partial charge in [-0.15, -0.1) is 0 Å². The van der Waals surface area contributed by atoms with E-state index in [1.807, 2.05) is 31.2 Å². The first-order chi connectivity index (χ1) is 16.1. The van der Waals surface area contributed by atoms with Crippen LogP contribution >= 0.6 is 0 Å². The number of ether oxygens (including phenoxy) is 1. The zero-order valence-electron chi connectivity index (χ0n) is 20.3. The average Bonchev–Trinajstić information content (AvgIpc) is 3.17. The predicted octanol–water partition coefficient (Wildman–Crippen LogP) is 4.56. The monoisotopic (exact) mass is 466 g/mol. The van der Waals surface area contributed by atoms with E-state index in [2.05, 4.69) is 34.9 Å². The van der Waals surface area contributed by atoms with Gasteiger partial charge in [-0.25, -0.2) is 4.79 Å². The third-order valence-electron chi connectivity index (χ3n) is 7.23. The number of nitrogens with one attached hydrogen (secondary N) is 2. The lowest BCUT2D eigenvalue weighted by molar-refractivity contribution is -0.148. The third-order valence-corrected chi connectivity index (χ3v) is 7.23. The molecular formula is C27H34N2O5. The van der Waals surface area contributed by atoms with Gasteiger partial charge in [0.25, 0.3) is 0 Å². The van der Waals surface area contributed by atoms with Gasteiger partial charge in [0, 0.05) is 19.0 Å². The Morgan fingerprint density at radius 2 is 1.35 bits per heavy atom. The normalized spacial score (nSPS) is 15.9. The summed E-state index contributed by atoms with van der Waals surface area (Å²) < 4.78 is 5.56. The van der Waals surface area contributed by atoms with Crippen molar-refractivity contribution < 1.29 is 24.2 Å². The van der Waals surface area contributed by atoms with Gasteiger partial charge < -0.3 is 20.5 Å². The van der Waals surface area contributed by atoms with Crippen LogP contribution in [0.25, 0.3) is 11.1 Å². The number of rotatable bonds is 10. The Labute approximate surface area is 200 Å². The number of amides is 2. The molecule has 0 fully saturated rings. The summed E-state index contributed by atoms with van der Waals surface area (Å²) in [5, 5.41) is 14.9. The van der Waals surface area contributed by atoms with E-state index in [1.165, 1.54) is 0 Å². The van der Waals surface area contributed by atoms with Crippen LogP contribution in [0.4, 0.5) is 4.79 Å². The first kappa shape index (κ1) is 25.3. The molecule has 0 aromatic heterocycles. The van der Waals surface area contributed by atoms with Crippen molar-refractivity contribution in [3.63, 3.8) is 0 Å². The molecule has 0 aliphatic heterocycles. The van der Waals surface area contributed by atoms with E-state index in [1.54, 1.807) is 20.8 Å². The van der Waals surface area contributed by atoms with Crippen molar-refractivity contribution in [3.05, 3.63) is 59.7 Å². The van der Waals surface area contributed by atoms with Crippen molar-refractivity contribution in [3.8, 4) is 11.1 Å². The molecule has 3 rings (SSSR count). The number of carbonyl (C=O) groups excluding carboxylic acids is 2. The van der Waals surface area contributed by atoms with Crippen LogP contribution in [-0.4, -0.2) is 42.8 Å². The Morgan fingerprint density at radius 1 is 0.853 bits per heavy atom. The molecule has 0 heterocycles. The highest BCUT2D eigenvalue weighted by molar-refractivity contribution is 5.84. The molecule has 1 aliphatic rings. The second-order valence-corrected chi connectivity index (χ2v) is 9.50. The molecule has 3 N–H and O–H groups in total. The van der Waals surface area contributed by atoms with Crippen molar-refractivity contribution in [2.24, 2.45) is 10.8 Å². The Balaban J connectivity index is 1.58. The molecule has 2 aromatic rings. The number of aliphatic carboxylic acids is 1. The molecule has 2 aromatic carbocycles. The number of carboxylic acids is 1. The van der Waals surface area contributed by atoms with Gasteiger partial charge in [0.05, 0.1) is 10.8 Å². The van der Waals surface area contributed by atoms with Crippen molar-refractivity contribution in [1.29, 1.82) is 0 Å². The number of carboxylic acid groups (broad SMARTS) is 1. The highest BCUT2D eigenvalue weighted by Gasteiger charge is 2.36. The maximum absolute atomic E-state index is 12.8. The summed E-state index contributed by atoms with van der Waals surface area (Å²) in [6.07, 6.45) is 0.278. The summed E-state index contributed by atoms with van der Waals surface area (Å²) >= 11 is 0. The Bertz CT molecular complexity index is 1020. The van der Waals surface area contributed by atoms with Crippen LogP contribution < -0.4 is 10.6 Å². The van der Waals surface area contributed by atoms with Crippen molar-refractivity contribution in [2.45, 2.75) is 46.5 Å². The van der Waals surface area contributed by atoms with E-state index in [4.69, 9.17) is 4.74 Å². The van der Waals surface area contributed by atoms with Crippen LogP contribution in [0.2, 0.25) is 0 Å². The number of benzene rings is 2. The molecule has 0 radical (unpaired) electrons. The minimum Gasteiger partial charge on any atom is -0.481 e. The second-order valence-electron chi connectivity index (χ2n) is 9.50. The van der Waals surface area contributed by atoms with E-state index in [0.29, 0.717) is 12.8 Å². The molecule has 2 atom stereocenters. The fourth-order valence-electron chi connectivity index (χ4n) is 4.12.